The van der Waals surface area contributed by atoms with E-state index in [0.29, 0.717) is 23.1 Å². The second kappa shape index (κ2) is 7.95. The molecule has 0 aliphatic heterocycles. The van der Waals surface area contributed by atoms with Crippen LogP contribution in [0.2, 0.25) is 5.02 Å². The molecule has 0 fully saturated rings. The lowest BCUT2D eigenvalue weighted by Gasteiger charge is -2.08. The van der Waals surface area contributed by atoms with Crippen LogP contribution >= 0.6 is 11.6 Å². The van der Waals surface area contributed by atoms with Gasteiger partial charge in [-0.1, -0.05) is 54.1 Å². The normalized spacial score (nSPS) is 11.0. The Balaban J connectivity index is 1.71. The highest BCUT2D eigenvalue weighted by atomic mass is 35.5. The SMILES string of the molecule is Cc1ccc(C)c(N=Nc2ccc(OCc3ccccc3)c(Cl)c2)c1. The molecular formula is C21H19ClN2O. The van der Waals surface area contributed by atoms with Gasteiger partial charge < -0.3 is 4.74 Å². The Kier molecular flexibility index (Phi) is 5.46. The van der Waals surface area contributed by atoms with Crippen molar-refractivity contribution in [3.05, 3.63) is 88.4 Å². The molecule has 126 valence electrons. The van der Waals surface area contributed by atoms with Gasteiger partial charge in [0.25, 0.3) is 0 Å². The van der Waals surface area contributed by atoms with Crippen LogP contribution in [0.15, 0.2) is 77.0 Å². The minimum Gasteiger partial charge on any atom is -0.487 e. The second-order valence-corrected chi connectivity index (χ2v) is 6.29. The van der Waals surface area contributed by atoms with Crippen LogP contribution in [0.4, 0.5) is 11.4 Å². The van der Waals surface area contributed by atoms with Crippen LogP contribution in [0.3, 0.4) is 0 Å². The molecule has 0 aliphatic carbocycles. The van der Waals surface area contributed by atoms with Crippen LogP contribution in [0, 0.1) is 13.8 Å². The summed E-state index contributed by atoms with van der Waals surface area (Å²) >= 11 is 6.31. The topological polar surface area (TPSA) is 34.0 Å². The summed E-state index contributed by atoms with van der Waals surface area (Å²) in [5.41, 5.74) is 4.89. The predicted octanol–water partition coefficient (Wildman–Crippen LogP) is 6.95. The summed E-state index contributed by atoms with van der Waals surface area (Å²) in [5, 5.41) is 9.13. The minimum atomic E-state index is 0.476. The molecule has 0 bridgehead atoms. The number of ether oxygens (including phenoxy) is 1. The van der Waals surface area contributed by atoms with Gasteiger partial charge in [-0.3, -0.25) is 0 Å². The number of halogens is 1. The molecule has 3 aromatic rings. The molecule has 0 radical (unpaired) electrons. The standard InChI is InChI=1S/C21H19ClN2O/c1-15-8-9-16(2)20(12-15)24-23-18-10-11-21(19(22)13-18)25-14-17-6-4-3-5-7-17/h3-13H,14H2,1-2H3. The first-order valence-corrected chi connectivity index (χ1v) is 8.45. The van der Waals surface area contributed by atoms with Gasteiger partial charge in [-0.25, -0.2) is 0 Å². The van der Waals surface area contributed by atoms with E-state index in [9.17, 15) is 0 Å². The van der Waals surface area contributed by atoms with Gasteiger partial charge in [0.1, 0.15) is 12.4 Å². The lowest BCUT2D eigenvalue weighted by molar-refractivity contribution is 0.306. The lowest BCUT2D eigenvalue weighted by Crippen LogP contribution is -1.95. The maximum absolute atomic E-state index is 6.31. The van der Waals surface area contributed by atoms with Crippen molar-refractivity contribution in [2.45, 2.75) is 20.5 Å². The maximum Gasteiger partial charge on any atom is 0.138 e. The highest BCUT2D eigenvalue weighted by Crippen LogP contribution is 2.31. The van der Waals surface area contributed by atoms with Gasteiger partial charge in [-0.15, -0.1) is 0 Å². The molecule has 3 aromatic carbocycles. The molecule has 4 heteroatoms. The van der Waals surface area contributed by atoms with E-state index in [1.165, 1.54) is 0 Å². The van der Waals surface area contributed by atoms with Crippen molar-refractivity contribution in [3.8, 4) is 5.75 Å². The van der Waals surface area contributed by atoms with E-state index >= 15 is 0 Å². The van der Waals surface area contributed by atoms with Crippen molar-refractivity contribution in [1.82, 2.24) is 0 Å². The highest BCUT2D eigenvalue weighted by Gasteiger charge is 2.04. The van der Waals surface area contributed by atoms with Crippen molar-refractivity contribution < 1.29 is 4.74 Å². The molecule has 0 spiro atoms. The monoisotopic (exact) mass is 350 g/mol. The number of hydrogen-bond donors (Lipinski definition) is 0. The summed E-state index contributed by atoms with van der Waals surface area (Å²) in [6.07, 6.45) is 0. The Labute approximate surface area is 153 Å². The van der Waals surface area contributed by atoms with Crippen molar-refractivity contribution in [2.75, 3.05) is 0 Å². The van der Waals surface area contributed by atoms with Gasteiger partial charge in [0.05, 0.1) is 16.4 Å². The first-order chi connectivity index (χ1) is 12.1. The summed E-state index contributed by atoms with van der Waals surface area (Å²) in [4.78, 5) is 0. The number of hydrogen-bond acceptors (Lipinski definition) is 3. The van der Waals surface area contributed by atoms with Gasteiger partial charge in [0.15, 0.2) is 0 Å². The molecule has 0 heterocycles. The number of rotatable bonds is 5. The first-order valence-electron chi connectivity index (χ1n) is 8.07. The second-order valence-electron chi connectivity index (χ2n) is 5.88. The molecule has 0 aromatic heterocycles. The van der Waals surface area contributed by atoms with Crippen LogP contribution in [0.5, 0.6) is 5.75 Å². The zero-order chi connectivity index (χ0) is 17.6. The third-order valence-electron chi connectivity index (χ3n) is 3.79. The Morgan fingerprint density at radius 1 is 0.880 bits per heavy atom. The Morgan fingerprint density at radius 2 is 1.68 bits per heavy atom. The molecule has 3 rings (SSSR count). The third kappa shape index (κ3) is 4.68. The van der Waals surface area contributed by atoms with Crippen molar-refractivity contribution in [3.63, 3.8) is 0 Å². The first kappa shape index (κ1) is 17.2. The van der Waals surface area contributed by atoms with Gasteiger partial charge in [-0.05, 0) is 54.8 Å². The van der Waals surface area contributed by atoms with Gasteiger partial charge in [-0.2, -0.15) is 10.2 Å². The number of nitrogens with zero attached hydrogens (tertiary/aromatic N) is 2. The summed E-state index contributed by atoms with van der Waals surface area (Å²) < 4.78 is 5.77. The van der Waals surface area contributed by atoms with Crippen LogP contribution in [0.1, 0.15) is 16.7 Å². The summed E-state index contributed by atoms with van der Waals surface area (Å²) in [7, 11) is 0. The fourth-order valence-corrected chi connectivity index (χ4v) is 2.57. The average molecular weight is 351 g/mol. The zero-order valence-corrected chi connectivity index (χ0v) is 15.0. The molecule has 0 atom stereocenters. The number of benzene rings is 3. The molecular weight excluding hydrogens is 332 g/mol. The van der Waals surface area contributed by atoms with E-state index in [0.717, 1.165) is 22.4 Å². The summed E-state index contributed by atoms with van der Waals surface area (Å²) in [5.74, 6) is 0.635. The van der Waals surface area contributed by atoms with E-state index in [2.05, 4.69) is 16.3 Å². The van der Waals surface area contributed by atoms with E-state index in [1.54, 1.807) is 6.07 Å². The molecule has 0 saturated heterocycles. The predicted molar refractivity (Wildman–Crippen MR) is 102 cm³/mol. The quantitative estimate of drug-likeness (QED) is 0.458. The zero-order valence-electron chi connectivity index (χ0n) is 14.2. The molecule has 0 saturated carbocycles. The molecule has 0 aliphatic rings. The Hall–Kier alpha value is -2.65. The van der Waals surface area contributed by atoms with Gasteiger partial charge in [0, 0.05) is 0 Å². The summed E-state index contributed by atoms with van der Waals surface area (Å²) in [6.45, 7) is 4.53. The van der Waals surface area contributed by atoms with E-state index in [1.807, 2.05) is 68.4 Å². The molecule has 25 heavy (non-hydrogen) atoms. The summed E-state index contributed by atoms with van der Waals surface area (Å²) in [6, 6.07) is 21.5. The Morgan fingerprint density at radius 3 is 2.44 bits per heavy atom. The molecule has 0 unspecified atom stereocenters. The number of aryl methyl sites for hydroxylation is 2. The Bertz CT molecular complexity index is 892. The molecule has 3 nitrogen and oxygen atoms in total. The van der Waals surface area contributed by atoms with Crippen molar-refractivity contribution in [1.29, 1.82) is 0 Å². The molecule has 0 amide bonds. The van der Waals surface area contributed by atoms with E-state index < -0.39 is 0 Å². The van der Waals surface area contributed by atoms with Gasteiger partial charge >= 0.3 is 0 Å². The van der Waals surface area contributed by atoms with Crippen molar-refractivity contribution >= 4 is 23.0 Å². The van der Waals surface area contributed by atoms with Crippen LogP contribution in [0.25, 0.3) is 0 Å². The van der Waals surface area contributed by atoms with Crippen LogP contribution in [-0.4, -0.2) is 0 Å². The smallest absolute Gasteiger partial charge is 0.138 e. The maximum atomic E-state index is 6.31. The highest BCUT2D eigenvalue weighted by molar-refractivity contribution is 6.32. The fraction of sp³-hybridized carbons (Fsp3) is 0.143. The van der Waals surface area contributed by atoms with Crippen LogP contribution < -0.4 is 4.74 Å². The lowest BCUT2D eigenvalue weighted by atomic mass is 10.1. The van der Waals surface area contributed by atoms with Crippen molar-refractivity contribution in [2.24, 2.45) is 10.2 Å². The van der Waals surface area contributed by atoms with E-state index in [4.69, 9.17) is 16.3 Å². The average Bonchev–Trinajstić information content (AvgIpc) is 2.62. The van der Waals surface area contributed by atoms with E-state index in [-0.39, 0.29) is 0 Å². The van der Waals surface area contributed by atoms with Crippen LogP contribution in [-0.2, 0) is 6.61 Å². The molecule has 0 N–H and O–H groups in total. The largest absolute Gasteiger partial charge is 0.487 e. The van der Waals surface area contributed by atoms with Gasteiger partial charge in [0.2, 0.25) is 0 Å². The number of azo groups is 1. The fourth-order valence-electron chi connectivity index (χ4n) is 2.34. The third-order valence-corrected chi connectivity index (χ3v) is 4.09. The minimum absolute atomic E-state index is 0.476.